The van der Waals surface area contributed by atoms with Gasteiger partial charge < -0.3 is 19.3 Å². The van der Waals surface area contributed by atoms with E-state index in [1.165, 1.54) is 4.90 Å². The van der Waals surface area contributed by atoms with Gasteiger partial charge in [-0.2, -0.15) is 0 Å². The molecule has 1 aromatic carbocycles. The maximum Gasteiger partial charge on any atom is 0.416 e. The van der Waals surface area contributed by atoms with E-state index >= 15 is 0 Å². The van der Waals surface area contributed by atoms with Crippen LogP contribution in [0, 0.1) is 0 Å². The number of fused-ring (bicyclic) bond motifs is 3. The van der Waals surface area contributed by atoms with E-state index in [4.69, 9.17) is 14.2 Å². The summed E-state index contributed by atoms with van der Waals surface area (Å²) in [6.45, 7) is 0.426. The maximum absolute atomic E-state index is 12.3. The van der Waals surface area contributed by atoms with Crippen molar-refractivity contribution in [1.29, 1.82) is 0 Å². The molecule has 10 heteroatoms. The zero-order valence-electron chi connectivity index (χ0n) is 15.7. The highest BCUT2D eigenvalue weighted by Crippen LogP contribution is 2.41. The van der Waals surface area contributed by atoms with Gasteiger partial charge in [0.25, 0.3) is 0 Å². The summed E-state index contributed by atoms with van der Waals surface area (Å²) in [6, 6.07) is 9.10. The van der Waals surface area contributed by atoms with Gasteiger partial charge in [-0.05, 0) is 29.8 Å². The van der Waals surface area contributed by atoms with Gasteiger partial charge >= 0.3 is 12.2 Å². The number of ether oxygens (including phenoxy) is 3. The number of carbonyl (C=O) groups is 2. The smallest absolute Gasteiger partial charge is 0.416 e. The van der Waals surface area contributed by atoms with Crippen molar-refractivity contribution in [3.05, 3.63) is 36.5 Å². The number of hydrogen-bond acceptors (Lipinski definition) is 7. The number of rotatable bonds is 4. The van der Waals surface area contributed by atoms with Gasteiger partial charge in [-0.15, -0.1) is 0 Å². The number of nitrogens with zero attached hydrogens (tertiary/aromatic N) is 3. The summed E-state index contributed by atoms with van der Waals surface area (Å²) in [6.07, 6.45) is 0.0884. The third-order valence-corrected chi connectivity index (χ3v) is 6.29. The Labute approximate surface area is 185 Å². The first-order valence-corrected chi connectivity index (χ1v) is 11.0. The Kier molecular flexibility index (Phi) is 4.89. The highest BCUT2D eigenvalue weighted by molar-refractivity contribution is 14.1. The van der Waals surface area contributed by atoms with Gasteiger partial charge in [0.2, 0.25) is 0 Å². The summed E-state index contributed by atoms with van der Waals surface area (Å²) in [5.41, 5.74) is 2.42. The molecule has 9 nitrogen and oxygen atoms in total. The zero-order valence-corrected chi connectivity index (χ0v) is 17.9. The van der Waals surface area contributed by atoms with Crippen LogP contribution >= 0.6 is 22.6 Å². The second-order valence-corrected chi connectivity index (χ2v) is 8.09. The van der Waals surface area contributed by atoms with Crippen LogP contribution in [0.3, 0.4) is 0 Å². The molecular weight excluding hydrogens is 505 g/mol. The third-order valence-electron chi connectivity index (χ3n) is 5.43. The van der Waals surface area contributed by atoms with Crippen molar-refractivity contribution >= 4 is 46.3 Å². The van der Waals surface area contributed by atoms with E-state index in [0.717, 1.165) is 11.1 Å². The second kappa shape index (κ2) is 7.58. The predicted octanol–water partition coefficient (Wildman–Crippen LogP) is 2.59. The Morgan fingerprint density at radius 3 is 2.67 bits per heavy atom. The third kappa shape index (κ3) is 3.14. The number of anilines is 2. The molecule has 5 rings (SSSR count). The zero-order chi connectivity index (χ0) is 20.8. The molecule has 2 saturated heterocycles. The molecule has 4 heterocycles. The number of hydrogen-bond donors (Lipinski definition) is 1. The SMILES string of the molecule is O=C1O[C@@H](CO)CN1c1ccc(-c2ccc3c(c2)OC[C@H]2[C@H](CI)OC(=O)N32)cn1. The first kappa shape index (κ1) is 19.4. The van der Waals surface area contributed by atoms with Gasteiger partial charge in [0, 0.05) is 16.2 Å². The molecule has 2 amide bonds. The lowest BCUT2D eigenvalue weighted by molar-refractivity contribution is 0.0963. The van der Waals surface area contributed by atoms with E-state index in [0.29, 0.717) is 28.3 Å². The Hall–Kier alpha value is -2.60. The molecule has 0 saturated carbocycles. The average Bonchev–Trinajstić information content (AvgIpc) is 3.32. The number of aliphatic hydroxyl groups excluding tert-OH is 1. The number of halogens is 1. The molecular formula is C20H18IN3O6. The Morgan fingerprint density at radius 1 is 1.13 bits per heavy atom. The lowest BCUT2D eigenvalue weighted by atomic mass is 10.0. The van der Waals surface area contributed by atoms with E-state index < -0.39 is 12.2 Å². The molecule has 3 aliphatic rings. The fourth-order valence-electron chi connectivity index (χ4n) is 3.86. The minimum absolute atomic E-state index is 0.114. The summed E-state index contributed by atoms with van der Waals surface area (Å²) in [7, 11) is 0. The average molecular weight is 523 g/mol. The van der Waals surface area contributed by atoms with E-state index in [9.17, 15) is 14.7 Å². The Morgan fingerprint density at radius 2 is 1.97 bits per heavy atom. The number of amides is 2. The van der Waals surface area contributed by atoms with Crippen LogP contribution in [0.15, 0.2) is 36.5 Å². The minimum Gasteiger partial charge on any atom is -0.489 e. The monoisotopic (exact) mass is 523 g/mol. The van der Waals surface area contributed by atoms with Crippen LogP contribution in [0.1, 0.15) is 0 Å². The van der Waals surface area contributed by atoms with Gasteiger partial charge in [-0.25, -0.2) is 14.6 Å². The van der Waals surface area contributed by atoms with Crippen molar-refractivity contribution in [3.8, 4) is 16.9 Å². The van der Waals surface area contributed by atoms with Crippen molar-refractivity contribution in [2.24, 2.45) is 0 Å². The maximum atomic E-state index is 12.3. The van der Waals surface area contributed by atoms with Crippen molar-refractivity contribution in [2.45, 2.75) is 18.2 Å². The van der Waals surface area contributed by atoms with Crippen LogP contribution in [0.4, 0.5) is 21.1 Å². The molecule has 2 fully saturated rings. The van der Waals surface area contributed by atoms with E-state index in [1.54, 1.807) is 17.2 Å². The summed E-state index contributed by atoms with van der Waals surface area (Å²) >= 11 is 2.21. The molecule has 156 valence electrons. The molecule has 30 heavy (non-hydrogen) atoms. The van der Waals surface area contributed by atoms with Gasteiger partial charge in [0.15, 0.2) is 0 Å². The van der Waals surface area contributed by atoms with Crippen LogP contribution in [-0.2, 0) is 9.47 Å². The molecule has 3 atom stereocenters. The number of aliphatic hydroxyl groups is 1. The summed E-state index contributed by atoms with van der Waals surface area (Å²) in [4.78, 5) is 31.7. The fraction of sp³-hybridized carbons (Fsp3) is 0.350. The largest absolute Gasteiger partial charge is 0.489 e. The first-order chi connectivity index (χ1) is 14.6. The summed E-state index contributed by atoms with van der Waals surface area (Å²) in [5.74, 6) is 1.08. The molecule has 2 aromatic rings. The lowest BCUT2D eigenvalue weighted by Gasteiger charge is -2.31. The van der Waals surface area contributed by atoms with E-state index in [2.05, 4.69) is 27.6 Å². The number of benzene rings is 1. The van der Waals surface area contributed by atoms with Crippen LogP contribution in [0.5, 0.6) is 5.75 Å². The molecule has 0 bridgehead atoms. The first-order valence-electron chi connectivity index (χ1n) is 9.47. The molecule has 0 spiro atoms. The molecule has 0 unspecified atom stereocenters. The quantitative estimate of drug-likeness (QED) is 0.486. The lowest BCUT2D eigenvalue weighted by Crippen LogP contribution is -2.44. The number of alkyl halides is 1. The molecule has 1 aromatic heterocycles. The number of pyridine rings is 1. The molecule has 1 N–H and O–H groups in total. The van der Waals surface area contributed by atoms with Crippen LogP contribution in [-0.4, -0.2) is 64.7 Å². The van der Waals surface area contributed by atoms with Crippen molar-refractivity contribution < 1.29 is 28.9 Å². The van der Waals surface area contributed by atoms with Gasteiger partial charge in [-0.3, -0.25) is 9.80 Å². The van der Waals surface area contributed by atoms with Gasteiger partial charge in [-0.1, -0.05) is 28.7 Å². The minimum atomic E-state index is -0.537. The topological polar surface area (TPSA) is 101 Å². The molecule has 3 aliphatic heterocycles. The normalized spacial score (nSPS) is 24.8. The second-order valence-electron chi connectivity index (χ2n) is 7.21. The van der Waals surface area contributed by atoms with Crippen LogP contribution in [0.2, 0.25) is 0 Å². The summed E-state index contributed by atoms with van der Waals surface area (Å²) in [5, 5.41) is 9.17. The highest BCUT2D eigenvalue weighted by atomic mass is 127. The molecule has 0 aliphatic carbocycles. The van der Waals surface area contributed by atoms with Crippen molar-refractivity contribution in [2.75, 3.05) is 34.0 Å². The standard InChI is InChI=1S/C20H18IN3O6/c21-6-17-15-10-28-16-5-11(1-3-14(16)24(15)20(27)30-17)12-2-4-18(22-7-12)23-8-13(9-25)29-19(23)26/h1-5,7,13,15,17,25H,6,8-10H2/t13-,15+,17+/m1/s1. The molecule has 0 radical (unpaired) electrons. The van der Waals surface area contributed by atoms with Gasteiger partial charge in [0.05, 0.1) is 18.8 Å². The van der Waals surface area contributed by atoms with Crippen molar-refractivity contribution in [1.82, 2.24) is 4.98 Å². The van der Waals surface area contributed by atoms with E-state index in [-0.39, 0.29) is 31.4 Å². The van der Waals surface area contributed by atoms with E-state index in [1.807, 2.05) is 24.3 Å². The van der Waals surface area contributed by atoms with Gasteiger partial charge in [0.1, 0.15) is 36.4 Å². The van der Waals surface area contributed by atoms with Crippen LogP contribution in [0.25, 0.3) is 11.1 Å². The van der Waals surface area contributed by atoms with Crippen LogP contribution < -0.4 is 14.5 Å². The fourth-order valence-corrected chi connectivity index (χ4v) is 4.63. The van der Waals surface area contributed by atoms with Crippen molar-refractivity contribution in [3.63, 3.8) is 0 Å². The number of carbonyl (C=O) groups excluding carboxylic acids is 2. The Balaban J connectivity index is 1.39. The summed E-state index contributed by atoms with van der Waals surface area (Å²) < 4.78 is 17.1. The number of aromatic nitrogens is 1. The number of cyclic esters (lactones) is 2. The predicted molar refractivity (Wildman–Crippen MR) is 115 cm³/mol. The Bertz CT molecular complexity index is 1000. The highest BCUT2D eigenvalue weighted by Gasteiger charge is 2.46.